The summed E-state index contributed by atoms with van der Waals surface area (Å²) < 4.78 is 0. The molecule has 0 spiro atoms. The zero-order valence-electron chi connectivity index (χ0n) is 12.3. The fourth-order valence-corrected chi connectivity index (χ4v) is 1.69. The van der Waals surface area contributed by atoms with Gasteiger partial charge in [-0.3, -0.25) is 9.59 Å². The summed E-state index contributed by atoms with van der Waals surface area (Å²) >= 11 is 0. The third-order valence-corrected chi connectivity index (χ3v) is 2.93. The number of aryl methyl sites for hydroxylation is 1. The summed E-state index contributed by atoms with van der Waals surface area (Å²) in [7, 11) is 0. The molecule has 2 rings (SSSR count). The fraction of sp³-hybridized carbons (Fsp3) is 0.0625. The summed E-state index contributed by atoms with van der Waals surface area (Å²) in [5.74, 6) is -2.50. The Bertz CT molecular complexity index is 754. The highest BCUT2D eigenvalue weighted by atomic mass is 16.3. The second-order valence-corrected chi connectivity index (χ2v) is 4.73. The van der Waals surface area contributed by atoms with Gasteiger partial charge in [-0.2, -0.15) is 5.10 Å². The van der Waals surface area contributed by atoms with Crippen molar-refractivity contribution in [3.05, 3.63) is 53.6 Å². The van der Waals surface area contributed by atoms with Gasteiger partial charge in [0.1, 0.15) is 0 Å². The van der Waals surface area contributed by atoms with Crippen LogP contribution in [0.15, 0.2) is 47.6 Å². The molecule has 118 valence electrons. The van der Waals surface area contributed by atoms with Gasteiger partial charge in [0.05, 0.1) is 6.21 Å². The number of nitrogens with zero attached hydrogens (tertiary/aromatic N) is 1. The van der Waals surface area contributed by atoms with E-state index in [0.717, 1.165) is 11.8 Å². The molecule has 0 heterocycles. The van der Waals surface area contributed by atoms with Gasteiger partial charge in [0.2, 0.25) is 0 Å². The summed E-state index contributed by atoms with van der Waals surface area (Å²) in [6, 6.07) is 11.2. The monoisotopic (exact) mass is 313 g/mol. The number of aromatic hydroxyl groups is 2. The Labute approximate surface area is 132 Å². The molecular weight excluding hydrogens is 298 g/mol. The van der Waals surface area contributed by atoms with Crippen LogP contribution in [-0.2, 0) is 9.59 Å². The lowest BCUT2D eigenvalue weighted by molar-refractivity contribution is -0.136. The standard InChI is InChI=1S/C16H15N3O4/c1-10-5-7-12(8-6-10)18-15(22)16(23)19-17-9-11-3-2-4-13(20)14(11)21/h2-9,20-21H,1H3,(H,18,22)(H,19,23)/b17-9+. The Morgan fingerprint density at radius 2 is 1.74 bits per heavy atom. The molecule has 0 aliphatic heterocycles. The first-order valence-corrected chi connectivity index (χ1v) is 6.69. The van der Waals surface area contributed by atoms with Crippen molar-refractivity contribution >= 4 is 23.7 Å². The van der Waals surface area contributed by atoms with Crippen molar-refractivity contribution in [2.75, 3.05) is 5.32 Å². The summed E-state index contributed by atoms with van der Waals surface area (Å²) in [6.07, 6.45) is 1.12. The van der Waals surface area contributed by atoms with Gasteiger partial charge in [0.15, 0.2) is 11.5 Å². The van der Waals surface area contributed by atoms with Crippen molar-refractivity contribution < 1.29 is 19.8 Å². The molecule has 7 nitrogen and oxygen atoms in total. The van der Waals surface area contributed by atoms with Crippen LogP contribution in [0.1, 0.15) is 11.1 Å². The predicted molar refractivity (Wildman–Crippen MR) is 85.3 cm³/mol. The predicted octanol–water partition coefficient (Wildman–Crippen LogP) is 1.50. The maximum absolute atomic E-state index is 11.7. The molecule has 7 heteroatoms. The van der Waals surface area contributed by atoms with Crippen LogP contribution in [-0.4, -0.2) is 28.2 Å². The van der Waals surface area contributed by atoms with Gasteiger partial charge in [-0.25, -0.2) is 5.43 Å². The molecule has 0 saturated carbocycles. The van der Waals surface area contributed by atoms with E-state index >= 15 is 0 Å². The van der Waals surface area contributed by atoms with E-state index in [0.29, 0.717) is 5.69 Å². The lowest BCUT2D eigenvalue weighted by Gasteiger charge is -2.04. The van der Waals surface area contributed by atoms with Crippen molar-refractivity contribution in [2.24, 2.45) is 5.10 Å². The summed E-state index contributed by atoms with van der Waals surface area (Å²) in [6.45, 7) is 1.91. The topological polar surface area (TPSA) is 111 Å². The van der Waals surface area contributed by atoms with E-state index in [1.807, 2.05) is 12.3 Å². The van der Waals surface area contributed by atoms with Crippen molar-refractivity contribution in [3.8, 4) is 11.5 Å². The van der Waals surface area contributed by atoms with E-state index in [2.05, 4.69) is 10.4 Å². The number of benzene rings is 2. The largest absolute Gasteiger partial charge is 0.504 e. The molecule has 0 aromatic heterocycles. The van der Waals surface area contributed by atoms with E-state index < -0.39 is 11.8 Å². The second kappa shape index (κ2) is 7.08. The van der Waals surface area contributed by atoms with Crippen molar-refractivity contribution in [1.82, 2.24) is 5.43 Å². The van der Waals surface area contributed by atoms with Crippen LogP contribution in [0.5, 0.6) is 11.5 Å². The number of para-hydroxylation sites is 1. The van der Waals surface area contributed by atoms with E-state index in [1.165, 1.54) is 18.2 Å². The maximum Gasteiger partial charge on any atom is 0.329 e. The molecule has 0 unspecified atom stereocenters. The van der Waals surface area contributed by atoms with Crippen molar-refractivity contribution in [1.29, 1.82) is 0 Å². The average molecular weight is 313 g/mol. The molecule has 0 bridgehead atoms. The Balaban J connectivity index is 1.93. The number of hydrazone groups is 1. The van der Waals surface area contributed by atoms with E-state index in [1.54, 1.807) is 24.3 Å². The maximum atomic E-state index is 11.7. The molecule has 0 aliphatic carbocycles. The first-order valence-electron chi connectivity index (χ1n) is 6.69. The van der Waals surface area contributed by atoms with Crippen LogP contribution in [0.2, 0.25) is 0 Å². The summed E-state index contributed by atoms with van der Waals surface area (Å²) in [5.41, 5.74) is 3.75. The van der Waals surface area contributed by atoms with Gasteiger partial charge < -0.3 is 15.5 Å². The lowest BCUT2D eigenvalue weighted by atomic mass is 10.2. The molecule has 23 heavy (non-hydrogen) atoms. The molecule has 4 N–H and O–H groups in total. The number of nitrogens with one attached hydrogen (secondary N) is 2. The molecule has 0 radical (unpaired) electrons. The van der Waals surface area contributed by atoms with Gasteiger partial charge >= 0.3 is 11.8 Å². The zero-order valence-corrected chi connectivity index (χ0v) is 12.3. The zero-order chi connectivity index (χ0) is 16.8. The lowest BCUT2D eigenvalue weighted by Crippen LogP contribution is -2.32. The fourth-order valence-electron chi connectivity index (χ4n) is 1.69. The molecule has 2 aromatic carbocycles. The smallest absolute Gasteiger partial charge is 0.329 e. The van der Waals surface area contributed by atoms with Gasteiger partial charge in [-0.1, -0.05) is 23.8 Å². The molecule has 0 atom stereocenters. The average Bonchev–Trinajstić information content (AvgIpc) is 2.53. The van der Waals surface area contributed by atoms with E-state index in [4.69, 9.17) is 0 Å². The SMILES string of the molecule is Cc1ccc(NC(=O)C(=O)N/N=C/c2cccc(O)c2O)cc1. The number of carbonyl (C=O) groups excluding carboxylic acids is 2. The highest BCUT2D eigenvalue weighted by molar-refractivity contribution is 6.39. The third kappa shape index (κ3) is 4.31. The summed E-state index contributed by atoms with van der Waals surface area (Å²) in [5, 5.41) is 24.9. The van der Waals surface area contributed by atoms with Crippen LogP contribution in [0.4, 0.5) is 5.69 Å². The summed E-state index contributed by atoms with van der Waals surface area (Å²) in [4.78, 5) is 23.3. The van der Waals surface area contributed by atoms with Crippen molar-refractivity contribution in [3.63, 3.8) is 0 Å². The Morgan fingerprint density at radius 1 is 1.04 bits per heavy atom. The molecule has 0 fully saturated rings. The minimum atomic E-state index is -0.957. The van der Waals surface area contributed by atoms with Gasteiger partial charge in [0.25, 0.3) is 0 Å². The molecular formula is C16H15N3O4. The van der Waals surface area contributed by atoms with Gasteiger partial charge in [-0.15, -0.1) is 0 Å². The van der Waals surface area contributed by atoms with Crippen LogP contribution in [0.25, 0.3) is 0 Å². The normalized spacial score (nSPS) is 10.5. The Morgan fingerprint density at radius 3 is 2.43 bits per heavy atom. The van der Waals surface area contributed by atoms with Crippen LogP contribution < -0.4 is 10.7 Å². The van der Waals surface area contributed by atoms with Crippen molar-refractivity contribution in [2.45, 2.75) is 6.92 Å². The molecule has 2 amide bonds. The van der Waals surface area contributed by atoms with Gasteiger partial charge in [-0.05, 0) is 31.2 Å². The molecule has 0 saturated heterocycles. The number of phenols is 2. The molecule has 0 aliphatic rings. The van der Waals surface area contributed by atoms with Crippen LogP contribution in [0.3, 0.4) is 0 Å². The Hall–Kier alpha value is -3.35. The number of rotatable bonds is 3. The number of hydrogen-bond donors (Lipinski definition) is 4. The Kier molecular flexibility index (Phi) is 4.93. The van der Waals surface area contributed by atoms with E-state index in [-0.39, 0.29) is 17.1 Å². The highest BCUT2D eigenvalue weighted by Gasteiger charge is 2.12. The highest BCUT2D eigenvalue weighted by Crippen LogP contribution is 2.26. The number of amides is 2. The first kappa shape index (κ1) is 16.0. The number of carbonyl (C=O) groups is 2. The quantitative estimate of drug-likeness (QED) is 0.298. The van der Waals surface area contributed by atoms with Crippen LogP contribution in [0, 0.1) is 6.92 Å². The minimum Gasteiger partial charge on any atom is -0.504 e. The number of hydrogen-bond acceptors (Lipinski definition) is 5. The minimum absolute atomic E-state index is 0.198. The number of anilines is 1. The first-order chi connectivity index (χ1) is 11.0. The van der Waals surface area contributed by atoms with Crippen LogP contribution >= 0.6 is 0 Å². The van der Waals surface area contributed by atoms with Gasteiger partial charge in [0, 0.05) is 11.3 Å². The number of phenolic OH excluding ortho intramolecular Hbond substituents is 2. The third-order valence-electron chi connectivity index (χ3n) is 2.93. The molecule has 2 aromatic rings. The van der Waals surface area contributed by atoms with E-state index in [9.17, 15) is 19.8 Å². The second-order valence-electron chi connectivity index (χ2n) is 4.73.